The summed E-state index contributed by atoms with van der Waals surface area (Å²) in [4.78, 5) is 10.5. The highest BCUT2D eigenvalue weighted by molar-refractivity contribution is 5.47. The van der Waals surface area contributed by atoms with E-state index in [1.165, 1.54) is 17.0 Å². The van der Waals surface area contributed by atoms with E-state index in [4.69, 9.17) is 4.98 Å². The van der Waals surface area contributed by atoms with E-state index in [0.717, 1.165) is 38.2 Å². The van der Waals surface area contributed by atoms with Crippen LogP contribution in [-0.2, 0) is 19.3 Å². The topological polar surface area (TPSA) is 30.3 Å². The van der Waals surface area contributed by atoms with Crippen LogP contribution in [0.5, 0.6) is 0 Å². The van der Waals surface area contributed by atoms with Gasteiger partial charge in [0.05, 0.1) is 6.42 Å². The van der Waals surface area contributed by atoms with Crippen molar-refractivity contribution >= 4 is 6.08 Å². The van der Waals surface area contributed by atoms with E-state index in [0.29, 0.717) is 0 Å². The fourth-order valence-electron chi connectivity index (χ4n) is 2.26. The lowest BCUT2D eigenvalue weighted by Crippen LogP contribution is -2.22. The highest BCUT2D eigenvalue weighted by Crippen LogP contribution is 2.13. The standard InChI is InChI=1S/C16H27N3/c1-6-13-14(7-2)17-16(8-3)18-15(13)11-12-19(9-4)10-5/h11-12H,6-10H2,1-5H3/p+1/b12-11+. The molecule has 3 nitrogen and oxygen atoms in total. The van der Waals surface area contributed by atoms with Gasteiger partial charge in [-0.05, 0) is 20.3 Å². The SMILES string of the molecule is CCc1nc(CC)c(CC)c(/C=C/N(CC)CC)[nH+]1. The molecule has 0 fully saturated rings. The van der Waals surface area contributed by atoms with Crippen LogP contribution in [0, 0.1) is 0 Å². The predicted molar refractivity (Wildman–Crippen MR) is 80.9 cm³/mol. The summed E-state index contributed by atoms with van der Waals surface area (Å²) in [7, 11) is 0. The molecule has 106 valence electrons. The highest BCUT2D eigenvalue weighted by atomic mass is 15.1. The summed E-state index contributed by atoms with van der Waals surface area (Å²) in [6, 6.07) is 0. The summed E-state index contributed by atoms with van der Waals surface area (Å²) in [5.41, 5.74) is 3.80. The summed E-state index contributed by atoms with van der Waals surface area (Å²) in [6.45, 7) is 13.0. The van der Waals surface area contributed by atoms with Crippen LogP contribution in [0.1, 0.15) is 57.4 Å². The molecule has 1 N–H and O–H groups in total. The van der Waals surface area contributed by atoms with Crippen molar-refractivity contribution in [2.45, 2.75) is 53.9 Å². The second kappa shape index (κ2) is 7.93. The minimum Gasteiger partial charge on any atom is -0.378 e. The lowest BCUT2D eigenvalue weighted by atomic mass is 10.1. The van der Waals surface area contributed by atoms with Crippen LogP contribution in [0.2, 0.25) is 0 Å². The molecule has 0 spiro atoms. The van der Waals surface area contributed by atoms with Crippen LogP contribution in [0.25, 0.3) is 6.08 Å². The summed E-state index contributed by atoms with van der Waals surface area (Å²) >= 11 is 0. The fraction of sp³-hybridized carbons (Fsp3) is 0.625. The van der Waals surface area contributed by atoms with E-state index >= 15 is 0 Å². The van der Waals surface area contributed by atoms with Crippen molar-refractivity contribution in [3.8, 4) is 0 Å². The molecule has 0 aliphatic heterocycles. The summed E-state index contributed by atoms with van der Waals surface area (Å²) < 4.78 is 0. The van der Waals surface area contributed by atoms with Crippen LogP contribution in [0.3, 0.4) is 0 Å². The zero-order valence-corrected chi connectivity index (χ0v) is 13.1. The van der Waals surface area contributed by atoms with E-state index in [9.17, 15) is 0 Å². The minimum atomic E-state index is 0.948. The van der Waals surface area contributed by atoms with Gasteiger partial charge in [-0.3, -0.25) is 0 Å². The quantitative estimate of drug-likeness (QED) is 0.756. The number of nitrogens with one attached hydrogen (secondary N) is 1. The molecular weight excluding hydrogens is 234 g/mol. The highest BCUT2D eigenvalue weighted by Gasteiger charge is 2.16. The van der Waals surface area contributed by atoms with Crippen molar-refractivity contribution in [3.05, 3.63) is 29.0 Å². The monoisotopic (exact) mass is 262 g/mol. The van der Waals surface area contributed by atoms with Gasteiger partial charge < -0.3 is 4.90 Å². The molecule has 1 aromatic heterocycles. The van der Waals surface area contributed by atoms with Crippen LogP contribution < -0.4 is 4.98 Å². The van der Waals surface area contributed by atoms with Gasteiger partial charge in [0.15, 0.2) is 5.69 Å². The zero-order valence-electron chi connectivity index (χ0n) is 13.1. The third-order valence-electron chi connectivity index (χ3n) is 3.51. The Labute approximate surface area is 117 Å². The van der Waals surface area contributed by atoms with Gasteiger partial charge in [-0.2, -0.15) is 0 Å². The van der Waals surface area contributed by atoms with Crippen molar-refractivity contribution in [2.75, 3.05) is 13.1 Å². The normalized spacial score (nSPS) is 11.2. The number of nitrogens with zero attached hydrogens (tertiary/aromatic N) is 2. The third-order valence-corrected chi connectivity index (χ3v) is 3.51. The van der Waals surface area contributed by atoms with Gasteiger partial charge in [0.25, 0.3) is 5.82 Å². The van der Waals surface area contributed by atoms with E-state index in [1.807, 2.05) is 0 Å². The van der Waals surface area contributed by atoms with Gasteiger partial charge in [0, 0.05) is 37.3 Å². The maximum atomic E-state index is 4.71. The van der Waals surface area contributed by atoms with Gasteiger partial charge in [-0.1, -0.05) is 25.8 Å². The number of aryl methyl sites for hydroxylation is 2. The molecule has 3 heteroatoms. The van der Waals surface area contributed by atoms with E-state index in [-0.39, 0.29) is 0 Å². The lowest BCUT2D eigenvalue weighted by Gasteiger charge is -2.14. The lowest BCUT2D eigenvalue weighted by molar-refractivity contribution is -0.399. The molecule has 0 atom stereocenters. The summed E-state index contributed by atoms with van der Waals surface area (Å²) in [6.07, 6.45) is 7.35. The number of H-pyrrole nitrogens is 1. The molecule has 1 heterocycles. The largest absolute Gasteiger partial charge is 0.378 e. The molecule has 1 aromatic rings. The first-order valence-electron chi connectivity index (χ1n) is 7.56. The maximum Gasteiger partial charge on any atom is 0.296 e. The molecule has 0 radical (unpaired) electrons. The van der Waals surface area contributed by atoms with Gasteiger partial charge in [-0.25, -0.2) is 4.98 Å². The number of rotatable bonds is 7. The van der Waals surface area contributed by atoms with Crippen molar-refractivity contribution in [1.29, 1.82) is 0 Å². The number of aromatic amines is 1. The van der Waals surface area contributed by atoms with Gasteiger partial charge in [0.1, 0.15) is 5.69 Å². The Balaban J connectivity index is 3.16. The summed E-state index contributed by atoms with van der Waals surface area (Å²) in [5, 5.41) is 0. The molecular formula is C16H28N3+. The van der Waals surface area contributed by atoms with Crippen molar-refractivity contribution in [2.24, 2.45) is 0 Å². The Morgan fingerprint density at radius 2 is 1.68 bits per heavy atom. The Hall–Kier alpha value is -1.38. The minimum absolute atomic E-state index is 0.948. The number of hydrogen-bond acceptors (Lipinski definition) is 2. The van der Waals surface area contributed by atoms with E-state index < -0.39 is 0 Å². The van der Waals surface area contributed by atoms with E-state index in [2.05, 4.69) is 56.8 Å². The molecule has 0 saturated carbocycles. The number of aromatic nitrogens is 2. The second-order valence-corrected chi connectivity index (χ2v) is 4.62. The number of hydrogen-bond donors (Lipinski definition) is 0. The van der Waals surface area contributed by atoms with Gasteiger partial charge >= 0.3 is 0 Å². The van der Waals surface area contributed by atoms with E-state index in [1.54, 1.807) is 0 Å². The Kier molecular flexibility index (Phi) is 6.54. The van der Waals surface area contributed by atoms with Crippen molar-refractivity contribution < 1.29 is 4.98 Å². The average molecular weight is 262 g/mol. The smallest absolute Gasteiger partial charge is 0.296 e. The Morgan fingerprint density at radius 1 is 1.00 bits per heavy atom. The first-order chi connectivity index (χ1) is 9.19. The molecule has 19 heavy (non-hydrogen) atoms. The summed E-state index contributed by atoms with van der Waals surface area (Å²) in [5.74, 6) is 1.08. The Bertz CT molecular complexity index is 420. The molecule has 0 aliphatic carbocycles. The molecule has 0 saturated heterocycles. The average Bonchev–Trinajstić information content (AvgIpc) is 2.47. The predicted octanol–water partition coefficient (Wildman–Crippen LogP) is 2.90. The van der Waals surface area contributed by atoms with Crippen LogP contribution in [0.15, 0.2) is 6.20 Å². The molecule has 0 amide bonds. The van der Waals surface area contributed by atoms with Crippen molar-refractivity contribution in [3.63, 3.8) is 0 Å². The van der Waals surface area contributed by atoms with Crippen molar-refractivity contribution in [1.82, 2.24) is 9.88 Å². The second-order valence-electron chi connectivity index (χ2n) is 4.62. The maximum absolute atomic E-state index is 4.71. The first-order valence-corrected chi connectivity index (χ1v) is 7.56. The molecule has 0 aliphatic rings. The molecule has 0 aromatic carbocycles. The Morgan fingerprint density at radius 3 is 2.16 bits per heavy atom. The van der Waals surface area contributed by atoms with Gasteiger partial charge in [0.2, 0.25) is 0 Å². The van der Waals surface area contributed by atoms with Crippen LogP contribution in [0.4, 0.5) is 0 Å². The molecule has 0 bridgehead atoms. The molecule has 0 unspecified atom stereocenters. The van der Waals surface area contributed by atoms with Crippen LogP contribution >= 0.6 is 0 Å². The first kappa shape index (κ1) is 15.7. The van der Waals surface area contributed by atoms with Gasteiger partial charge in [-0.15, -0.1) is 0 Å². The van der Waals surface area contributed by atoms with Crippen LogP contribution in [-0.4, -0.2) is 23.0 Å². The zero-order chi connectivity index (χ0) is 14.3. The molecule has 1 rings (SSSR count). The fourth-order valence-corrected chi connectivity index (χ4v) is 2.26. The third kappa shape index (κ3) is 4.05.